The van der Waals surface area contributed by atoms with Crippen LogP contribution < -0.4 is 4.72 Å². The lowest BCUT2D eigenvalue weighted by Crippen LogP contribution is -2.31. The summed E-state index contributed by atoms with van der Waals surface area (Å²) < 4.78 is 67.6. The number of hydrogen-bond donors (Lipinski definition) is 1. The molecule has 0 bridgehead atoms. The molecule has 122 valence electrons. The molecule has 10 heteroatoms. The Morgan fingerprint density at radius 2 is 2.14 bits per heavy atom. The Balaban J connectivity index is 1.81. The van der Waals surface area contributed by atoms with Gasteiger partial charge in [-0.2, -0.15) is 18.3 Å². The fourth-order valence-electron chi connectivity index (χ4n) is 1.69. The van der Waals surface area contributed by atoms with Gasteiger partial charge in [0.2, 0.25) is 10.0 Å². The van der Waals surface area contributed by atoms with E-state index in [-0.39, 0.29) is 13.1 Å². The Kier molecular flexibility index (Phi) is 4.91. The Morgan fingerprint density at radius 1 is 1.36 bits per heavy atom. The minimum absolute atomic E-state index is 0.0422. The molecule has 0 unspecified atom stereocenters. The number of sulfonamides is 1. The van der Waals surface area contributed by atoms with E-state index in [0.717, 1.165) is 5.56 Å². The number of alkyl halides is 3. The van der Waals surface area contributed by atoms with E-state index in [1.165, 1.54) is 10.9 Å². The van der Waals surface area contributed by atoms with Gasteiger partial charge in [-0.1, -0.05) is 0 Å². The highest BCUT2D eigenvalue weighted by molar-refractivity contribution is 7.89. The van der Waals surface area contributed by atoms with Gasteiger partial charge < -0.3 is 4.42 Å². The minimum atomic E-state index is -4.49. The molecule has 1 N–H and O–H groups in total. The zero-order valence-electron chi connectivity index (χ0n) is 11.4. The number of halogens is 3. The van der Waals surface area contributed by atoms with Crippen LogP contribution in [0.4, 0.5) is 13.2 Å². The van der Waals surface area contributed by atoms with Gasteiger partial charge in [-0.3, -0.25) is 4.68 Å². The molecule has 2 aromatic heterocycles. The van der Waals surface area contributed by atoms with Crippen LogP contribution in [0.1, 0.15) is 6.42 Å². The van der Waals surface area contributed by atoms with Crippen LogP contribution in [0.5, 0.6) is 0 Å². The molecule has 2 heterocycles. The van der Waals surface area contributed by atoms with Crippen molar-refractivity contribution in [3.05, 3.63) is 30.8 Å². The van der Waals surface area contributed by atoms with Gasteiger partial charge >= 0.3 is 6.18 Å². The van der Waals surface area contributed by atoms with Gasteiger partial charge in [0.25, 0.3) is 0 Å². The summed E-state index contributed by atoms with van der Waals surface area (Å²) >= 11 is 0. The molecular weight excluding hydrogens is 323 g/mol. The fraction of sp³-hybridized carbons (Fsp3) is 0.417. The Hall–Kier alpha value is -1.81. The minimum Gasteiger partial charge on any atom is -0.464 e. The van der Waals surface area contributed by atoms with Crippen molar-refractivity contribution in [1.29, 1.82) is 0 Å². The van der Waals surface area contributed by atoms with Crippen molar-refractivity contribution in [1.82, 2.24) is 14.5 Å². The smallest absolute Gasteiger partial charge is 0.390 e. The first-order valence-electron chi connectivity index (χ1n) is 6.36. The first-order valence-corrected chi connectivity index (χ1v) is 8.01. The molecule has 0 aliphatic rings. The molecule has 0 aromatic carbocycles. The third-order valence-electron chi connectivity index (χ3n) is 2.76. The van der Waals surface area contributed by atoms with Crippen LogP contribution in [-0.2, 0) is 16.6 Å². The molecule has 0 spiro atoms. The molecule has 0 saturated heterocycles. The van der Waals surface area contributed by atoms with Crippen LogP contribution in [0.2, 0.25) is 0 Å². The molecular formula is C12H14F3N3O3S. The summed E-state index contributed by atoms with van der Waals surface area (Å²) in [6.45, 7) is 0.158. The summed E-state index contributed by atoms with van der Waals surface area (Å²) in [6, 6.07) is 3.47. The van der Waals surface area contributed by atoms with Crippen molar-refractivity contribution in [2.24, 2.45) is 0 Å². The lowest BCUT2D eigenvalue weighted by atomic mass is 10.3. The monoisotopic (exact) mass is 337 g/mol. The third kappa shape index (κ3) is 5.19. The van der Waals surface area contributed by atoms with E-state index in [4.69, 9.17) is 4.42 Å². The second kappa shape index (κ2) is 6.53. The maximum Gasteiger partial charge on any atom is 0.390 e. The van der Waals surface area contributed by atoms with Crippen LogP contribution in [-0.4, -0.2) is 36.7 Å². The second-order valence-corrected chi connectivity index (χ2v) is 6.47. The van der Waals surface area contributed by atoms with Gasteiger partial charge in [-0.15, -0.1) is 0 Å². The standard InChI is InChI=1S/C12H14F3N3O3S/c13-12(14,15)3-7-22(19,20)17-4-5-18-9-10(8-16-18)11-2-1-6-21-11/h1-2,6,8-9,17H,3-5,7H2. The van der Waals surface area contributed by atoms with Crippen LogP contribution in [0, 0.1) is 0 Å². The molecule has 0 atom stereocenters. The van der Waals surface area contributed by atoms with Gasteiger partial charge in [0.1, 0.15) is 5.76 Å². The topological polar surface area (TPSA) is 77.1 Å². The van der Waals surface area contributed by atoms with E-state index in [1.807, 2.05) is 0 Å². The van der Waals surface area contributed by atoms with Gasteiger partial charge in [0.15, 0.2) is 0 Å². The highest BCUT2D eigenvalue weighted by atomic mass is 32.2. The molecule has 2 rings (SSSR count). The molecule has 0 aliphatic heterocycles. The SMILES string of the molecule is O=S(=O)(CCC(F)(F)F)NCCn1cc(-c2ccco2)cn1. The highest BCUT2D eigenvalue weighted by Gasteiger charge is 2.29. The molecule has 0 amide bonds. The first-order chi connectivity index (χ1) is 10.3. The van der Waals surface area contributed by atoms with Crippen molar-refractivity contribution in [2.75, 3.05) is 12.3 Å². The quantitative estimate of drug-likeness (QED) is 0.838. The Morgan fingerprint density at radius 3 is 2.77 bits per heavy atom. The number of furan rings is 1. The van der Waals surface area contributed by atoms with Crippen molar-refractivity contribution in [2.45, 2.75) is 19.1 Å². The fourth-order valence-corrected chi connectivity index (χ4v) is 2.74. The Bertz CT molecular complexity index is 693. The number of hydrogen-bond acceptors (Lipinski definition) is 4. The van der Waals surface area contributed by atoms with E-state index in [9.17, 15) is 21.6 Å². The van der Waals surface area contributed by atoms with Crippen LogP contribution in [0.15, 0.2) is 35.2 Å². The number of rotatable bonds is 7. The molecule has 0 aliphatic carbocycles. The third-order valence-corrected chi connectivity index (χ3v) is 4.14. The molecule has 2 aromatic rings. The zero-order valence-corrected chi connectivity index (χ0v) is 12.2. The maximum absolute atomic E-state index is 12.0. The molecule has 0 radical (unpaired) electrons. The summed E-state index contributed by atoms with van der Waals surface area (Å²) in [6.07, 6.45) is -1.14. The van der Waals surface area contributed by atoms with E-state index in [1.54, 1.807) is 24.5 Å². The molecule has 0 fully saturated rings. The average Bonchev–Trinajstić information content (AvgIpc) is 3.06. The summed E-state index contributed by atoms with van der Waals surface area (Å²) in [4.78, 5) is 0. The van der Waals surface area contributed by atoms with Crippen molar-refractivity contribution < 1.29 is 26.0 Å². The lowest BCUT2D eigenvalue weighted by molar-refractivity contribution is -0.129. The van der Waals surface area contributed by atoms with E-state index >= 15 is 0 Å². The second-order valence-electron chi connectivity index (χ2n) is 4.55. The van der Waals surface area contributed by atoms with E-state index in [2.05, 4.69) is 9.82 Å². The Labute approximate surface area is 125 Å². The number of nitrogens with zero attached hydrogens (tertiary/aromatic N) is 2. The van der Waals surface area contributed by atoms with Crippen molar-refractivity contribution in [3.8, 4) is 11.3 Å². The normalized spacial score (nSPS) is 12.7. The summed E-state index contributed by atoms with van der Waals surface area (Å²) in [7, 11) is -3.95. The molecule has 22 heavy (non-hydrogen) atoms. The predicted octanol–water partition coefficient (Wildman–Crippen LogP) is 2.01. The van der Waals surface area contributed by atoms with Crippen LogP contribution in [0.3, 0.4) is 0 Å². The van der Waals surface area contributed by atoms with E-state index < -0.39 is 28.4 Å². The maximum atomic E-state index is 12.0. The summed E-state index contributed by atoms with van der Waals surface area (Å²) in [5.74, 6) is -0.357. The predicted molar refractivity (Wildman–Crippen MR) is 72.4 cm³/mol. The number of aromatic nitrogens is 2. The van der Waals surface area contributed by atoms with Crippen LogP contribution >= 0.6 is 0 Å². The zero-order chi connectivity index (χ0) is 16.2. The first kappa shape index (κ1) is 16.6. The van der Waals surface area contributed by atoms with E-state index in [0.29, 0.717) is 5.76 Å². The van der Waals surface area contributed by atoms with Crippen molar-refractivity contribution >= 4 is 10.0 Å². The van der Waals surface area contributed by atoms with Gasteiger partial charge in [0, 0.05) is 12.7 Å². The number of nitrogens with one attached hydrogen (secondary N) is 1. The summed E-state index contributed by atoms with van der Waals surface area (Å²) in [5, 5.41) is 4.02. The summed E-state index contributed by atoms with van der Waals surface area (Å²) in [5.41, 5.74) is 0.727. The largest absolute Gasteiger partial charge is 0.464 e. The van der Waals surface area contributed by atoms with Crippen LogP contribution in [0.25, 0.3) is 11.3 Å². The average molecular weight is 337 g/mol. The van der Waals surface area contributed by atoms with Gasteiger partial charge in [-0.05, 0) is 12.1 Å². The molecule has 0 saturated carbocycles. The molecule has 6 nitrogen and oxygen atoms in total. The van der Waals surface area contributed by atoms with Gasteiger partial charge in [-0.25, -0.2) is 13.1 Å². The van der Waals surface area contributed by atoms with Crippen molar-refractivity contribution in [3.63, 3.8) is 0 Å². The lowest BCUT2D eigenvalue weighted by Gasteiger charge is -2.08. The van der Waals surface area contributed by atoms with Gasteiger partial charge in [0.05, 0.1) is 36.7 Å². The highest BCUT2D eigenvalue weighted by Crippen LogP contribution is 2.20.